The number of carbonyl (C=O) groups excluding carboxylic acids is 1. The van der Waals surface area contributed by atoms with Crippen LogP contribution in [0.1, 0.15) is 39.0 Å². The standard InChI is InChI=1S/C20H29ClFN3O2/c1-15(19(26)24-18-6-5-16(21)13-17(18)22)23-14-20(7-3-2-4-8-20)25-9-11-27-12-10-25/h5-6,13,15,23H,2-4,7-12,14H2,1H3,(H,24,26)/t15-/m0/s1. The summed E-state index contributed by atoms with van der Waals surface area (Å²) in [6.45, 7) is 6.00. The number of amides is 1. The van der Waals surface area contributed by atoms with Gasteiger partial charge in [-0.25, -0.2) is 4.39 Å². The lowest BCUT2D eigenvalue weighted by Crippen LogP contribution is -2.60. The van der Waals surface area contributed by atoms with E-state index >= 15 is 0 Å². The van der Waals surface area contributed by atoms with Gasteiger partial charge in [0.25, 0.3) is 0 Å². The first kappa shape index (κ1) is 20.5. The summed E-state index contributed by atoms with van der Waals surface area (Å²) in [6.07, 6.45) is 5.99. The molecule has 1 heterocycles. The average Bonchev–Trinajstić information content (AvgIpc) is 2.69. The van der Waals surface area contributed by atoms with Crippen LogP contribution >= 0.6 is 11.6 Å². The number of halogens is 2. The van der Waals surface area contributed by atoms with Gasteiger partial charge in [-0.05, 0) is 38.0 Å². The zero-order chi connectivity index (χ0) is 19.3. The number of ether oxygens (including phenoxy) is 1. The van der Waals surface area contributed by atoms with E-state index in [0.717, 1.165) is 45.7 Å². The van der Waals surface area contributed by atoms with E-state index < -0.39 is 11.9 Å². The van der Waals surface area contributed by atoms with Gasteiger partial charge < -0.3 is 15.4 Å². The van der Waals surface area contributed by atoms with Crippen LogP contribution in [0.2, 0.25) is 5.02 Å². The zero-order valence-electron chi connectivity index (χ0n) is 15.9. The molecule has 1 aromatic carbocycles. The summed E-state index contributed by atoms with van der Waals surface area (Å²) in [5.74, 6) is -0.774. The van der Waals surface area contributed by atoms with Crippen molar-refractivity contribution in [3.05, 3.63) is 29.0 Å². The van der Waals surface area contributed by atoms with E-state index in [1.807, 2.05) is 6.92 Å². The molecule has 0 aromatic heterocycles. The molecule has 1 amide bonds. The van der Waals surface area contributed by atoms with E-state index in [1.54, 1.807) is 6.07 Å². The number of nitrogens with zero attached hydrogens (tertiary/aromatic N) is 1. The summed E-state index contributed by atoms with van der Waals surface area (Å²) in [7, 11) is 0. The normalized spacial score (nSPS) is 21.6. The lowest BCUT2D eigenvalue weighted by Gasteiger charge is -2.48. The Balaban J connectivity index is 1.59. The molecule has 2 aliphatic rings. The number of hydrogen-bond donors (Lipinski definition) is 2. The van der Waals surface area contributed by atoms with Crippen LogP contribution in [0.5, 0.6) is 0 Å². The second-order valence-electron chi connectivity index (χ2n) is 7.60. The third kappa shape index (κ3) is 5.19. The molecule has 1 saturated heterocycles. The fraction of sp³-hybridized carbons (Fsp3) is 0.650. The van der Waals surface area contributed by atoms with E-state index in [9.17, 15) is 9.18 Å². The van der Waals surface area contributed by atoms with Gasteiger partial charge in [0.1, 0.15) is 5.82 Å². The second-order valence-corrected chi connectivity index (χ2v) is 8.04. The first-order valence-electron chi connectivity index (χ1n) is 9.82. The maximum Gasteiger partial charge on any atom is 0.241 e. The quantitative estimate of drug-likeness (QED) is 0.772. The van der Waals surface area contributed by atoms with Crippen molar-refractivity contribution in [1.29, 1.82) is 0 Å². The van der Waals surface area contributed by atoms with E-state index in [-0.39, 0.29) is 17.1 Å². The molecule has 1 aliphatic carbocycles. The fourth-order valence-electron chi connectivity index (χ4n) is 4.12. The van der Waals surface area contributed by atoms with Crippen LogP contribution in [0, 0.1) is 5.82 Å². The maximum absolute atomic E-state index is 13.9. The molecule has 5 nitrogen and oxygen atoms in total. The molecule has 1 aromatic rings. The molecule has 0 spiro atoms. The third-order valence-corrected chi connectivity index (χ3v) is 6.02. The minimum Gasteiger partial charge on any atom is -0.379 e. The molecule has 3 rings (SSSR count). The molecule has 1 aliphatic heterocycles. The number of nitrogens with one attached hydrogen (secondary N) is 2. The molecule has 150 valence electrons. The van der Waals surface area contributed by atoms with Crippen LogP contribution in [0.3, 0.4) is 0 Å². The minimum absolute atomic E-state index is 0.0854. The molecule has 2 N–H and O–H groups in total. The number of anilines is 1. The topological polar surface area (TPSA) is 53.6 Å². The highest BCUT2D eigenvalue weighted by atomic mass is 35.5. The van der Waals surface area contributed by atoms with Crippen molar-refractivity contribution in [2.24, 2.45) is 0 Å². The molecule has 1 atom stereocenters. The van der Waals surface area contributed by atoms with Crippen molar-refractivity contribution >= 4 is 23.2 Å². The summed E-state index contributed by atoms with van der Waals surface area (Å²) in [5.41, 5.74) is 0.237. The Hall–Kier alpha value is -1.21. The van der Waals surface area contributed by atoms with E-state index in [1.165, 1.54) is 31.4 Å². The molecule has 7 heteroatoms. The smallest absolute Gasteiger partial charge is 0.241 e. The van der Waals surface area contributed by atoms with Crippen LogP contribution in [0.4, 0.5) is 10.1 Å². The van der Waals surface area contributed by atoms with Crippen LogP contribution < -0.4 is 10.6 Å². The Labute approximate surface area is 165 Å². The van der Waals surface area contributed by atoms with Gasteiger partial charge in [0.15, 0.2) is 0 Å². The van der Waals surface area contributed by atoms with Gasteiger partial charge in [0, 0.05) is 30.2 Å². The number of carbonyl (C=O) groups is 1. The number of morpholine rings is 1. The van der Waals surface area contributed by atoms with Gasteiger partial charge in [-0.3, -0.25) is 9.69 Å². The van der Waals surface area contributed by atoms with E-state index in [4.69, 9.17) is 16.3 Å². The van der Waals surface area contributed by atoms with Gasteiger partial charge in [-0.15, -0.1) is 0 Å². The van der Waals surface area contributed by atoms with Gasteiger partial charge in [0.2, 0.25) is 5.91 Å². The Bertz CT molecular complexity index is 646. The molecule has 0 radical (unpaired) electrons. The summed E-state index contributed by atoms with van der Waals surface area (Å²) in [4.78, 5) is 15.0. The number of benzene rings is 1. The van der Waals surface area contributed by atoms with Crippen LogP contribution in [-0.4, -0.2) is 55.2 Å². The molecular formula is C20H29ClFN3O2. The molecular weight excluding hydrogens is 369 g/mol. The van der Waals surface area contributed by atoms with Crippen molar-refractivity contribution in [1.82, 2.24) is 10.2 Å². The Morgan fingerprint density at radius 2 is 2.00 bits per heavy atom. The summed E-state index contributed by atoms with van der Waals surface area (Å²) < 4.78 is 19.4. The van der Waals surface area contributed by atoms with Crippen LogP contribution in [0.15, 0.2) is 18.2 Å². The third-order valence-electron chi connectivity index (χ3n) is 5.79. The largest absolute Gasteiger partial charge is 0.379 e. The van der Waals surface area contributed by atoms with Gasteiger partial charge in [-0.2, -0.15) is 0 Å². The van der Waals surface area contributed by atoms with Gasteiger partial charge in [-0.1, -0.05) is 30.9 Å². The predicted octanol–water partition coefficient (Wildman–Crippen LogP) is 3.43. The monoisotopic (exact) mass is 397 g/mol. The zero-order valence-corrected chi connectivity index (χ0v) is 16.7. The summed E-state index contributed by atoms with van der Waals surface area (Å²) in [6, 6.07) is 3.83. The van der Waals surface area contributed by atoms with Crippen LogP contribution in [0.25, 0.3) is 0 Å². The highest BCUT2D eigenvalue weighted by Crippen LogP contribution is 2.34. The van der Waals surface area contributed by atoms with Crippen LogP contribution in [-0.2, 0) is 9.53 Å². The summed E-state index contributed by atoms with van der Waals surface area (Å²) in [5, 5.41) is 6.35. The number of rotatable bonds is 6. The van der Waals surface area contributed by atoms with E-state index in [2.05, 4.69) is 15.5 Å². The van der Waals surface area contributed by atoms with Crippen molar-refractivity contribution in [3.8, 4) is 0 Å². The lowest BCUT2D eigenvalue weighted by atomic mass is 9.79. The van der Waals surface area contributed by atoms with E-state index in [0.29, 0.717) is 5.02 Å². The van der Waals surface area contributed by atoms with Crippen molar-refractivity contribution in [2.75, 3.05) is 38.2 Å². The fourth-order valence-corrected chi connectivity index (χ4v) is 4.28. The van der Waals surface area contributed by atoms with Gasteiger partial charge >= 0.3 is 0 Å². The highest BCUT2D eigenvalue weighted by molar-refractivity contribution is 6.30. The molecule has 27 heavy (non-hydrogen) atoms. The Kier molecular flexibility index (Phi) is 7.09. The Morgan fingerprint density at radius 1 is 1.30 bits per heavy atom. The predicted molar refractivity (Wildman–Crippen MR) is 106 cm³/mol. The lowest BCUT2D eigenvalue weighted by molar-refractivity contribution is -0.118. The van der Waals surface area contributed by atoms with Crippen molar-refractivity contribution < 1.29 is 13.9 Å². The molecule has 1 saturated carbocycles. The van der Waals surface area contributed by atoms with Crippen molar-refractivity contribution in [3.63, 3.8) is 0 Å². The molecule has 0 unspecified atom stereocenters. The average molecular weight is 398 g/mol. The maximum atomic E-state index is 13.9. The molecule has 0 bridgehead atoms. The first-order valence-corrected chi connectivity index (χ1v) is 10.2. The second kappa shape index (κ2) is 9.32. The minimum atomic E-state index is -0.528. The number of hydrogen-bond acceptors (Lipinski definition) is 4. The highest BCUT2D eigenvalue weighted by Gasteiger charge is 2.38. The SMILES string of the molecule is C[C@H](NCC1(N2CCOCC2)CCCCC1)C(=O)Nc1ccc(Cl)cc1F. The first-order chi connectivity index (χ1) is 13.0. The molecule has 2 fully saturated rings. The Morgan fingerprint density at radius 3 is 2.67 bits per heavy atom. The summed E-state index contributed by atoms with van der Waals surface area (Å²) >= 11 is 5.76. The van der Waals surface area contributed by atoms with Gasteiger partial charge in [0.05, 0.1) is 24.9 Å². The van der Waals surface area contributed by atoms with Crippen molar-refractivity contribution in [2.45, 2.75) is 50.6 Å².